The molecule has 0 unspecified atom stereocenters. The first-order chi connectivity index (χ1) is 9.05. The number of hydrogen-bond donors (Lipinski definition) is 0. The molecule has 1 aromatic rings. The van der Waals surface area contributed by atoms with Crippen LogP contribution in [0.25, 0.3) is 0 Å². The van der Waals surface area contributed by atoms with Crippen LogP contribution in [0, 0.1) is 12.8 Å². The molecule has 108 valence electrons. The van der Waals surface area contributed by atoms with Crippen LogP contribution in [-0.2, 0) is 10.2 Å². The van der Waals surface area contributed by atoms with Crippen molar-refractivity contribution in [1.29, 1.82) is 0 Å². The molecule has 1 aromatic carbocycles. The summed E-state index contributed by atoms with van der Waals surface area (Å²) < 4.78 is 5.70. The summed E-state index contributed by atoms with van der Waals surface area (Å²) in [7, 11) is 0. The number of alkyl halides is 2. The van der Waals surface area contributed by atoms with Crippen molar-refractivity contribution < 1.29 is 4.74 Å². The second-order valence-electron chi connectivity index (χ2n) is 5.58. The molecule has 0 heterocycles. The highest BCUT2D eigenvalue weighted by molar-refractivity contribution is 6.22. The van der Waals surface area contributed by atoms with Crippen LogP contribution in [-0.4, -0.2) is 25.0 Å². The Morgan fingerprint density at radius 2 is 1.79 bits per heavy atom. The molecule has 0 N–H and O–H groups in total. The summed E-state index contributed by atoms with van der Waals surface area (Å²) in [4.78, 5) is 0. The third kappa shape index (κ3) is 4.66. The summed E-state index contributed by atoms with van der Waals surface area (Å²) in [6.45, 7) is 7.90. The second kappa shape index (κ2) is 8.14. The lowest BCUT2D eigenvalue weighted by Gasteiger charge is -2.31. The predicted octanol–water partition coefficient (Wildman–Crippen LogP) is 4.77. The van der Waals surface area contributed by atoms with Crippen LogP contribution in [0.2, 0.25) is 0 Å². The van der Waals surface area contributed by atoms with E-state index >= 15 is 0 Å². The van der Waals surface area contributed by atoms with Crippen molar-refractivity contribution in [2.24, 2.45) is 5.92 Å². The van der Waals surface area contributed by atoms with Crippen LogP contribution in [0.5, 0.6) is 0 Å². The van der Waals surface area contributed by atoms with Gasteiger partial charge in [-0.15, -0.1) is 23.2 Å². The van der Waals surface area contributed by atoms with Gasteiger partial charge < -0.3 is 4.74 Å². The van der Waals surface area contributed by atoms with Crippen LogP contribution < -0.4 is 0 Å². The topological polar surface area (TPSA) is 9.23 Å². The first kappa shape index (κ1) is 16.8. The average Bonchev–Trinajstić information content (AvgIpc) is 2.40. The largest absolute Gasteiger partial charge is 0.381 e. The molecule has 0 fully saturated rings. The molecule has 0 saturated heterocycles. The van der Waals surface area contributed by atoms with Gasteiger partial charge in [-0.1, -0.05) is 38.1 Å². The first-order valence-corrected chi connectivity index (χ1v) is 7.88. The average molecular weight is 303 g/mol. The van der Waals surface area contributed by atoms with Gasteiger partial charge in [-0.3, -0.25) is 0 Å². The van der Waals surface area contributed by atoms with Crippen molar-refractivity contribution in [2.75, 3.05) is 25.0 Å². The van der Waals surface area contributed by atoms with E-state index in [1.165, 1.54) is 11.1 Å². The molecule has 0 bridgehead atoms. The molecule has 0 spiro atoms. The minimum atomic E-state index is -0.189. The van der Waals surface area contributed by atoms with E-state index in [9.17, 15) is 0 Å². The van der Waals surface area contributed by atoms with Gasteiger partial charge in [0, 0.05) is 30.4 Å². The fourth-order valence-electron chi connectivity index (χ4n) is 2.20. The van der Waals surface area contributed by atoms with E-state index in [4.69, 9.17) is 27.9 Å². The van der Waals surface area contributed by atoms with E-state index in [0.717, 1.165) is 13.0 Å². The molecule has 0 aliphatic carbocycles. The molecule has 0 saturated carbocycles. The molecule has 0 atom stereocenters. The number of aryl methyl sites for hydroxylation is 1. The maximum absolute atomic E-state index is 6.23. The van der Waals surface area contributed by atoms with Crippen LogP contribution in [0.1, 0.15) is 31.4 Å². The van der Waals surface area contributed by atoms with Crippen LogP contribution in [0.4, 0.5) is 0 Å². The van der Waals surface area contributed by atoms with E-state index in [1.54, 1.807) is 0 Å². The highest BCUT2D eigenvalue weighted by atomic mass is 35.5. The molecule has 0 aliphatic heterocycles. The van der Waals surface area contributed by atoms with Crippen molar-refractivity contribution in [3.05, 3.63) is 35.4 Å². The van der Waals surface area contributed by atoms with Crippen LogP contribution in [0.15, 0.2) is 24.3 Å². The SMILES string of the molecule is Cc1ccccc1C(CCl)(CCl)CCOCC(C)C. The van der Waals surface area contributed by atoms with Gasteiger partial charge >= 0.3 is 0 Å². The Bertz CT molecular complexity index is 373. The molecule has 0 radical (unpaired) electrons. The summed E-state index contributed by atoms with van der Waals surface area (Å²) >= 11 is 12.5. The van der Waals surface area contributed by atoms with Gasteiger partial charge in [0.15, 0.2) is 0 Å². The molecule has 19 heavy (non-hydrogen) atoms. The maximum atomic E-state index is 6.23. The number of rotatable bonds is 8. The number of hydrogen-bond acceptors (Lipinski definition) is 1. The number of benzene rings is 1. The van der Waals surface area contributed by atoms with Gasteiger partial charge in [-0.2, -0.15) is 0 Å². The second-order valence-corrected chi connectivity index (χ2v) is 6.12. The smallest absolute Gasteiger partial charge is 0.0488 e. The van der Waals surface area contributed by atoms with Gasteiger partial charge in [0.25, 0.3) is 0 Å². The summed E-state index contributed by atoms with van der Waals surface area (Å²) in [6, 6.07) is 8.33. The summed E-state index contributed by atoms with van der Waals surface area (Å²) in [6.07, 6.45) is 0.859. The van der Waals surface area contributed by atoms with Crippen molar-refractivity contribution in [3.63, 3.8) is 0 Å². The minimum absolute atomic E-state index is 0.189. The zero-order valence-electron chi connectivity index (χ0n) is 12.1. The summed E-state index contributed by atoms with van der Waals surface area (Å²) in [5, 5.41) is 0. The quantitative estimate of drug-likeness (QED) is 0.496. The highest BCUT2D eigenvalue weighted by Gasteiger charge is 2.31. The van der Waals surface area contributed by atoms with Gasteiger partial charge in [-0.25, -0.2) is 0 Å². The number of halogens is 2. The zero-order chi connectivity index (χ0) is 14.3. The number of ether oxygens (including phenoxy) is 1. The van der Waals surface area contributed by atoms with Crippen LogP contribution >= 0.6 is 23.2 Å². The first-order valence-electron chi connectivity index (χ1n) is 6.81. The van der Waals surface area contributed by atoms with E-state index in [2.05, 4.69) is 32.9 Å². The van der Waals surface area contributed by atoms with Crippen molar-refractivity contribution in [2.45, 2.75) is 32.6 Å². The van der Waals surface area contributed by atoms with Crippen molar-refractivity contribution in [1.82, 2.24) is 0 Å². The normalized spacial score (nSPS) is 12.1. The molecule has 1 rings (SSSR count). The predicted molar refractivity (Wildman–Crippen MR) is 84.6 cm³/mol. The minimum Gasteiger partial charge on any atom is -0.381 e. The maximum Gasteiger partial charge on any atom is 0.0488 e. The fourth-order valence-corrected chi connectivity index (χ4v) is 3.04. The third-order valence-electron chi connectivity index (χ3n) is 3.40. The molecular weight excluding hydrogens is 279 g/mol. The Kier molecular flexibility index (Phi) is 7.20. The zero-order valence-corrected chi connectivity index (χ0v) is 13.6. The van der Waals surface area contributed by atoms with Crippen molar-refractivity contribution in [3.8, 4) is 0 Å². The van der Waals surface area contributed by atoms with E-state index < -0.39 is 0 Å². The molecule has 0 aromatic heterocycles. The Morgan fingerprint density at radius 1 is 1.16 bits per heavy atom. The molecule has 3 heteroatoms. The molecule has 0 aliphatic rings. The third-order valence-corrected chi connectivity index (χ3v) is 4.43. The lowest BCUT2D eigenvalue weighted by Crippen LogP contribution is -2.33. The lowest BCUT2D eigenvalue weighted by atomic mass is 9.79. The molecule has 1 nitrogen and oxygen atoms in total. The monoisotopic (exact) mass is 302 g/mol. The Labute approximate surface area is 127 Å². The summed E-state index contributed by atoms with van der Waals surface area (Å²) in [5.41, 5.74) is 2.30. The van der Waals surface area contributed by atoms with Gasteiger partial charge in [0.05, 0.1) is 0 Å². The van der Waals surface area contributed by atoms with E-state index in [-0.39, 0.29) is 5.41 Å². The van der Waals surface area contributed by atoms with E-state index in [1.807, 2.05) is 12.1 Å². The fraction of sp³-hybridized carbons (Fsp3) is 0.625. The lowest BCUT2D eigenvalue weighted by molar-refractivity contribution is 0.0970. The van der Waals surface area contributed by atoms with E-state index in [0.29, 0.717) is 24.3 Å². The van der Waals surface area contributed by atoms with Gasteiger partial charge in [-0.05, 0) is 30.4 Å². The Balaban J connectivity index is 2.77. The Hall–Kier alpha value is -0.240. The standard InChI is InChI=1S/C16H24Cl2O/c1-13(2)10-19-9-8-16(11-17,12-18)15-7-5-4-6-14(15)3/h4-7,13H,8-12H2,1-3H3. The van der Waals surface area contributed by atoms with Crippen LogP contribution in [0.3, 0.4) is 0 Å². The van der Waals surface area contributed by atoms with Gasteiger partial charge in [0.2, 0.25) is 0 Å². The summed E-state index contributed by atoms with van der Waals surface area (Å²) in [5.74, 6) is 1.60. The Morgan fingerprint density at radius 3 is 2.32 bits per heavy atom. The molecular formula is C16H24Cl2O. The van der Waals surface area contributed by atoms with Crippen molar-refractivity contribution >= 4 is 23.2 Å². The molecule has 0 amide bonds. The highest BCUT2D eigenvalue weighted by Crippen LogP contribution is 2.33. The van der Waals surface area contributed by atoms with Gasteiger partial charge in [0.1, 0.15) is 0 Å².